The standard InChI is InChI=1S/C14H13FN2O2/c1-8-7-10(15)4-6-12(8)17-9(2)3-5-11(13(16)18)14(17)19/h3-7H,1-2H3,(H2,16,18). The maximum Gasteiger partial charge on any atom is 0.268 e. The molecule has 98 valence electrons. The van der Waals surface area contributed by atoms with Crippen molar-refractivity contribution in [1.29, 1.82) is 0 Å². The summed E-state index contributed by atoms with van der Waals surface area (Å²) in [5.74, 6) is -1.16. The SMILES string of the molecule is Cc1cc(F)ccc1-n1c(C)ccc(C(N)=O)c1=O. The van der Waals surface area contributed by atoms with Gasteiger partial charge < -0.3 is 5.73 Å². The fourth-order valence-corrected chi connectivity index (χ4v) is 1.99. The molecule has 19 heavy (non-hydrogen) atoms. The summed E-state index contributed by atoms with van der Waals surface area (Å²) >= 11 is 0. The van der Waals surface area contributed by atoms with E-state index in [1.807, 2.05) is 0 Å². The van der Waals surface area contributed by atoms with Crippen molar-refractivity contribution in [2.45, 2.75) is 13.8 Å². The zero-order valence-corrected chi connectivity index (χ0v) is 10.6. The highest BCUT2D eigenvalue weighted by molar-refractivity contribution is 5.92. The highest BCUT2D eigenvalue weighted by atomic mass is 19.1. The summed E-state index contributed by atoms with van der Waals surface area (Å²) in [6.07, 6.45) is 0. The molecule has 0 unspecified atom stereocenters. The van der Waals surface area contributed by atoms with Crippen molar-refractivity contribution in [2.24, 2.45) is 5.73 Å². The van der Waals surface area contributed by atoms with E-state index in [4.69, 9.17) is 5.73 Å². The molecule has 2 N–H and O–H groups in total. The number of carbonyl (C=O) groups is 1. The van der Waals surface area contributed by atoms with E-state index in [1.54, 1.807) is 19.9 Å². The number of primary amides is 1. The molecule has 0 fully saturated rings. The lowest BCUT2D eigenvalue weighted by molar-refractivity contribution is 0.0998. The lowest BCUT2D eigenvalue weighted by atomic mass is 10.1. The van der Waals surface area contributed by atoms with Crippen molar-refractivity contribution in [3.63, 3.8) is 0 Å². The third-order valence-electron chi connectivity index (χ3n) is 2.94. The van der Waals surface area contributed by atoms with Crippen LogP contribution in [0.4, 0.5) is 4.39 Å². The molecule has 0 spiro atoms. The molecular formula is C14H13FN2O2. The molecule has 0 radical (unpaired) electrons. The average molecular weight is 260 g/mol. The Morgan fingerprint density at radius 1 is 1.21 bits per heavy atom. The number of aromatic nitrogens is 1. The number of nitrogens with zero attached hydrogens (tertiary/aromatic N) is 1. The van der Waals surface area contributed by atoms with Gasteiger partial charge >= 0.3 is 0 Å². The zero-order chi connectivity index (χ0) is 14.2. The third kappa shape index (κ3) is 2.27. The molecule has 1 aromatic heterocycles. The summed E-state index contributed by atoms with van der Waals surface area (Å²) in [7, 11) is 0. The summed E-state index contributed by atoms with van der Waals surface area (Å²) in [4.78, 5) is 23.4. The van der Waals surface area contributed by atoms with Crippen LogP contribution in [0.3, 0.4) is 0 Å². The number of hydrogen-bond donors (Lipinski definition) is 1. The van der Waals surface area contributed by atoms with Crippen LogP contribution in [0, 0.1) is 19.7 Å². The zero-order valence-electron chi connectivity index (χ0n) is 10.6. The molecule has 2 aromatic rings. The Morgan fingerprint density at radius 2 is 1.89 bits per heavy atom. The smallest absolute Gasteiger partial charge is 0.268 e. The van der Waals surface area contributed by atoms with Gasteiger partial charge in [-0.05, 0) is 49.7 Å². The first-order chi connectivity index (χ1) is 8.91. The van der Waals surface area contributed by atoms with Gasteiger partial charge in [0.05, 0.1) is 5.69 Å². The molecule has 0 aliphatic heterocycles. The molecular weight excluding hydrogens is 247 g/mol. The van der Waals surface area contributed by atoms with Crippen LogP contribution < -0.4 is 11.3 Å². The van der Waals surface area contributed by atoms with Gasteiger partial charge in [-0.1, -0.05) is 0 Å². The number of carbonyl (C=O) groups excluding carboxylic acids is 1. The second-order valence-electron chi connectivity index (χ2n) is 4.32. The van der Waals surface area contributed by atoms with E-state index < -0.39 is 11.5 Å². The van der Waals surface area contributed by atoms with E-state index >= 15 is 0 Å². The maximum atomic E-state index is 13.1. The summed E-state index contributed by atoms with van der Waals surface area (Å²) in [6, 6.07) is 7.13. The first-order valence-electron chi connectivity index (χ1n) is 5.71. The van der Waals surface area contributed by atoms with Crippen molar-refractivity contribution in [3.8, 4) is 5.69 Å². The van der Waals surface area contributed by atoms with E-state index in [2.05, 4.69) is 0 Å². The highest BCUT2D eigenvalue weighted by Crippen LogP contribution is 2.15. The Balaban J connectivity index is 2.78. The Bertz CT molecular complexity index is 720. The lowest BCUT2D eigenvalue weighted by Gasteiger charge is -2.13. The van der Waals surface area contributed by atoms with Crippen LogP contribution in [0.25, 0.3) is 5.69 Å². The Kier molecular flexibility index (Phi) is 3.21. The van der Waals surface area contributed by atoms with E-state index in [0.29, 0.717) is 16.9 Å². The van der Waals surface area contributed by atoms with Gasteiger partial charge in [0.15, 0.2) is 0 Å². The van der Waals surface area contributed by atoms with E-state index in [-0.39, 0.29) is 11.4 Å². The molecule has 1 amide bonds. The number of hydrogen-bond acceptors (Lipinski definition) is 2. The van der Waals surface area contributed by atoms with Crippen LogP contribution in [-0.2, 0) is 0 Å². The van der Waals surface area contributed by atoms with Crippen molar-refractivity contribution < 1.29 is 9.18 Å². The second kappa shape index (κ2) is 4.68. The van der Waals surface area contributed by atoms with Gasteiger partial charge in [0, 0.05) is 5.69 Å². The topological polar surface area (TPSA) is 65.1 Å². The fourth-order valence-electron chi connectivity index (χ4n) is 1.99. The van der Waals surface area contributed by atoms with Gasteiger partial charge in [0.2, 0.25) is 0 Å². The third-order valence-corrected chi connectivity index (χ3v) is 2.94. The minimum absolute atomic E-state index is 0.0886. The largest absolute Gasteiger partial charge is 0.365 e. The van der Waals surface area contributed by atoms with Crippen LogP contribution in [0.1, 0.15) is 21.6 Å². The van der Waals surface area contributed by atoms with Crippen LogP contribution in [-0.4, -0.2) is 10.5 Å². The molecule has 4 nitrogen and oxygen atoms in total. The molecule has 0 atom stereocenters. The van der Waals surface area contributed by atoms with Crippen molar-refractivity contribution in [1.82, 2.24) is 4.57 Å². The number of nitrogens with two attached hydrogens (primary N) is 1. The van der Waals surface area contributed by atoms with Crippen LogP contribution in [0.15, 0.2) is 35.1 Å². The molecule has 0 aliphatic carbocycles. The molecule has 0 aliphatic rings. The average Bonchev–Trinajstić information content (AvgIpc) is 2.31. The van der Waals surface area contributed by atoms with Gasteiger partial charge in [-0.25, -0.2) is 4.39 Å². The number of halogens is 1. The summed E-state index contributed by atoms with van der Waals surface area (Å²) in [6.45, 7) is 3.43. The predicted molar refractivity (Wildman–Crippen MR) is 70.0 cm³/mol. The van der Waals surface area contributed by atoms with E-state index in [9.17, 15) is 14.0 Å². The minimum atomic E-state index is -0.779. The molecule has 2 rings (SSSR count). The maximum absolute atomic E-state index is 13.1. The minimum Gasteiger partial charge on any atom is -0.365 e. The number of rotatable bonds is 2. The van der Waals surface area contributed by atoms with Gasteiger partial charge in [-0.2, -0.15) is 0 Å². The van der Waals surface area contributed by atoms with Crippen LogP contribution in [0.2, 0.25) is 0 Å². The Labute approximate surface area is 109 Å². The van der Waals surface area contributed by atoms with Gasteiger partial charge in [0.25, 0.3) is 11.5 Å². The Hall–Kier alpha value is -2.43. The molecule has 0 saturated carbocycles. The number of amides is 1. The number of aryl methyl sites for hydroxylation is 2. The van der Waals surface area contributed by atoms with Gasteiger partial charge in [-0.15, -0.1) is 0 Å². The lowest BCUT2D eigenvalue weighted by Crippen LogP contribution is -2.30. The van der Waals surface area contributed by atoms with Crippen LogP contribution >= 0.6 is 0 Å². The van der Waals surface area contributed by atoms with Crippen molar-refractivity contribution in [2.75, 3.05) is 0 Å². The normalized spacial score (nSPS) is 10.5. The van der Waals surface area contributed by atoms with Crippen LogP contribution in [0.5, 0.6) is 0 Å². The molecule has 1 aromatic carbocycles. The monoisotopic (exact) mass is 260 g/mol. The number of pyridine rings is 1. The molecule has 0 bridgehead atoms. The fraction of sp³-hybridized carbons (Fsp3) is 0.143. The Morgan fingerprint density at radius 3 is 2.47 bits per heavy atom. The highest BCUT2D eigenvalue weighted by Gasteiger charge is 2.13. The quantitative estimate of drug-likeness (QED) is 0.893. The summed E-state index contributed by atoms with van der Waals surface area (Å²) in [5.41, 5.74) is 6.36. The van der Waals surface area contributed by atoms with Crippen molar-refractivity contribution >= 4 is 5.91 Å². The van der Waals surface area contributed by atoms with Gasteiger partial charge in [-0.3, -0.25) is 14.2 Å². The second-order valence-corrected chi connectivity index (χ2v) is 4.32. The van der Waals surface area contributed by atoms with Gasteiger partial charge in [0.1, 0.15) is 11.4 Å². The summed E-state index contributed by atoms with van der Waals surface area (Å²) in [5, 5.41) is 0. The molecule has 1 heterocycles. The summed E-state index contributed by atoms with van der Waals surface area (Å²) < 4.78 is 14.5. The van der Waals surface area contributed by atoms with E-state index in [0.717, 1.165) is 0 Å². The number of benzene rings is 1. The first-order valence-corrected chi connectivity index (χ1v) is 5.71. The predicted octanol–water partition coefficient (Wildman–Crippen LogP) is 1.69. The molecule has 0 saturated heterocycles. The van der Waals surface area contributed by atoms with Crippen molar-refractivity contribution in [3.05, 3.63) is 63.3 Å². The molecule has 5 heteroatoms. The van der Waals surface area contributed by atoms with E-state index in [1.165, 1.54) is 28.8 Å². The first kappa shape index (κ1) is 13.0.